The van der Waals surface area contributed by atoms with E-state index >= 15 is 0 Å². The highest BCUT2D eigenvalue weighted by atomic mass is 35.5. The van der Waals surface area contributed by atoms with Crippen LogP contribution in [0, 0.1) is 0 Å². The summed E-state index contributed by atoms with van der Waals surface area (Å²) in [7, 11) is 1.74. The molecule has 23 heavy (non-hydrogen) atoms. The van der Waals surface area contributed by atoms with Crippen LogP contribution in [0.5, 0.6) is 0 Å². The van der Waals surface area contributed by atoms with Crippen molar-refractivity contribution in [1.29, 1.82) is 0 Å². The summed E-state index contributed by atoms with van der Waals surface area (Å²) >= 11 is 0. The summed E-state index contributed by atoms with van der Waals surface area (Å²) < 4.78 is 0. The number of anilines is 1. The van der Waals surface area contributed by atoms with Crippen LogP contribution >= 0.6 is 12.4 Å². The van der Waals surface area contributed by atoms with E-state index in [1.54, 1.807) is 14.0 Å². The summed E-state index contributed by atoms with van der Waals surface area (Å²) in [5.74, 6) is 0.108. The minimum Gasteiger partial charge on any atom is -0.340 e. The Bertz CT molecular complexity index is 513. The van der Waals surface area contributed by atoms with Gasteiger partial charge in [-0.15, -0.1) is 12.4 Å². The number of halogens is 1. The van der Waals surface area contributed by atoms with Crippen molar-refractivity contribution >= 4 is 29.9 Å². The number of carbonyl (C=O) groups excluding carboxylic acids is 2. The van der Waals surface area contributed by atoms with E-state index in [-0.39, 0.29) is 24.2 Å². The number of benzene rings is 1. The maximum Gasteiger partial charge on any atom is 0.238 e. The molecule has 2 rings (SSSR count). The SMILES string of the molecule is CNCC(=O)Nc1ccc(CN2CCN(C(C)=O)CC2)cc1.Cl. The zero-order chi connectivity index (χ0) is 15.9. The average molecular weight is 341 g/mol. The summed E-state index contributed by atoms with van der Waals surface area (Å²) in [4.78, 5) is 27.0. The van der Waals surface area contributed by atoms with E-state index in [0.29, 0.717) is 6.54 Å². The van der Waals surface area contributed by atoms with Crippen molar-refractivity contribution < 1.29 is 9.59 Å². The van der Waals surface area contributed by atoms with E-state index in [9.17, 15) is 9.59 Å². The van der Waals surface area contributed by atoms with Gasteiger partial charge in [-0.3, -0.25) is 14.5 Å². The molecule has 0 aliphatic carbocycles. The van der Waals surface area contributed by atoms with Gasteiger partial charge in [0.05, 0.1) is 6.54 Å². The van der Waals surface area contributed by atoms with Crippen LogP contribution < -0.4 is 10.6 Å². The van der Waals surface area contributed by atoms with Gasteiger partial charge in [0.2, 0.25) is 11.8 Å². The number of nitrogens with one attached hydrogen (secondary N) is 2. The number of piperazine rings is 1. The molecule has 7 heteroatoms. The third-order valence-electron chi connectivity index (χ3n) is 3.80. The molecule has 0 spiro atoms. The second-order valence-corrected chi connectivity index (χ2v) is 5.56. The number of carbonyl (C=O) groups is 2. The topological polar surface area (TPSA) is 64.7 Å². The third-order valence-corrected chi connectivity index (χ3v) is 3.80. The Hall–Kier alpha value is -1.63. The van der Waals surface area contributed by atoms with Crippen molar-refractivity contribution in [3.8, 4) is 0 Å². The van der Waals surface area contributed by atoms with Crippen molar-refractivity contribution in [3.63, 3.8) is 0 Å². The molecular formula is C16H25ClN4O2. The van der Waals surface area contributed by atoms with Gasteiger partial charge in [0.1, 0.15) is 0 Å². The first-order chi connectivity index (χ1) is 10.6. The normalized spacial score (nSPS) is 15.0. The molecule has 0 unspecified atom stereocenters. The Balaban J connectivity index is 0.00000264. The van der Waals surface area contributed by atoms with Crippen molar-refractivity contribution in [1.82, 2.24) is 15.1 Å². The first kappa shape index (κ1) is 19.4. The van der Waals surface area contributed by atoms with Crippen LogP contribution in [0.4, 0.5) is 5.69 Å². The number of likely N-dealkylation sites (N-methyl/N-ethyl adjacent to an activating group) is 1. The largest absolute Gasteiger partial charge is 0.340 e. The maximum absolute atomic E-state index is 11.5. The molecule has 1 saturated heterocycles. The molecule has 2 N–H and O–H groups in total. The summed E-state index contributed by atoms with van der Waals surface area (Å²) in [6, 6.07) is 7.92. The van der Waals surface area contributed by atoms with Gasteiger partial charge in [0.15, 0.2) is 0 Å². The van der Waals surface area contributed by atoms with Crippen molar-refractivity contribution in [2.75, 3.05) is 45.1 Å². The van der Waals surface area contributed by atoms with E-state index in [1.165, 1.54) is 5.56 Å². The van der Waals surface area contributed by atoms with Gasteiger partial charge >= 0.3 is 0 Å². The fraction of sp³-hybridized carbons (Fsp3) is 0.500. The van der Waals surface area contributed by atoms with Crippen molar-refractivity contribution in [2.24, 2.45) is 0 Å². The Labute approximate surface area is 143 Å². The molecular weight excluding hydrogens is 316 g/mol. The smallest absolute Gasteiger partial charge is 0.238 e. The molecule has 1 fully saturated rings. The van der Waals surface area contributed by atoms with Gasteiger partial charge in [-0.2, -0.15) is 0 Å². The summed E-state index contributed by atoms with van der Waals surface area (Å²) in [5, 5.41) is 5.65. The lowest BCUT2D eigenvalue weighted by Gasteiger charge is -2.34. The minimum atomic E-state index is -0.0457. The van der Waals surface area contributed by atoms with Gasteiger partial charge in [-0.05, 0) is 24.7 Å². The number of rotatable bonds is 5. The van der Waals surface area contributed by atoms with Crippen LogP contribution in [-0.2, 0) is 16.1 Å². The van der Waals surface area contributed by atoms with Crippen LogP contribution in [-0.4, -0.2) is 61.4 Å². The maximum atomic E-state index is 11.5. The van der Waals surface area contributed by atoms with E-state index in [4.69, 9.17) is 0 Å². The van der Waals surface area contributed by atoms with Gasteiger partial charge in [-0.1, -0.05) is 12.1 Å². The monoisotopic (exact) mass is 340 g/mol. The molecule has 0 bridgehead atoms. The van der Waals surface area contributed by atoms with E-state index < -0.39 is 0 Å². The highest BCUT2D eigenvalue weighted by molar-refractivity contribution is 5.92. The Morgan fingerprint density at radius 2 is 1.70 bits per heavy atom. The van der Waals surface area contributed by atoms with Crippen LogP contribution in [0.25, 0.3) is 0 Å². The lowest BCUT2D eigenvalue weighted by atomic mass is 10.1. The lowest BCUT2D eigenvalue weighted by molar-refractivity contribution is -0.130. The minimum absolute atomic E-state index is 0. The number of hydrogen-bond acceptors (Lipinski definition) is 4. The molecule has 1 aromatic carbocycles. The first-order valence-corrected chi connectivity index (χ1v) is 7.60. The molecule has 1 aliphatic heterocycles. The molecule has 128 valence electrons. The molecule has 6 nitrogen and oxygen atoms in total. The second-order valence-electron chi connectivity index (χ2n) is 5.56. The van der Waals surface area contributed by atoms with E-state index in [0.717, 1.165) is 38.4 Å². The quantitative estimate of drug-likeness (QED) is 0.837. The van der Waals surface area contributed by atoms with E-state index in [1.807, 2.05) is 29.2 Å². The molecule has 1 aromatic rings. The predicted octanol–water partition coefficient (Wildman–Crippen LogP) is 0.930. The van der Waals surface area contributed by atoms with E-state index in [2.05, 4.69) is 15.5 Å². The Kier molecular flexibility index (Phi) is 8.02. The molecule has 2 amide bonds. The molecule has 0 atom stereocenters. The highest BCUT2D eigenvalue weighted by Crippen LogP contribution is 2.13. The molecule has 0 saturated carbocycles. The van der Waals surface area contributed by atoms with Crippen LogP contribution in [0.1, 0.15) is 12.5 Å². The van der Waals surface area contributed by atoms with Gasteiger partial charge in [0.25, 0.3) is 0 Å². The fourth-order valence-electron chi connectivity index (χ4n) is 2.54. The molecule has 1 heterocycles. The number of hydrogen-bond donors (Lipinski definition) is 2. The molecule has 0 aromatic heterocycles. The zero-order valence-electron chi connectivity index (χ0n) is 13.7. The van der Waals surface area contributed by atoms with Crippen LogP contribution in [0.3, 0.4) is 0 Å². The highest BCUT2D eigenvalue weighted by Gasteiger charge is 2.18. The molecule has 0 radical (unpaired) electrons. The van der Waals surface area contributed by atoms with Crippen molar-refractivity contribution in [3.05, 3.63) is 29.8 Å². The molecule has 1 aliphatic rings. The Morgan fingerprint density at radius 1 is 1.09 bits per heavy atom. The lowest BCUT2D eigenvalue weighted by Crippen LogP contribution is -2.47. The summed E-state index contributed by atoms with van der Waals surface area (Å²) in [6.07, 6.45) is 0. The first-order valence-electron chi connectivity index (χ1n) is 7.60. The predicted molar refractivity (Wildman–Crippen MR) is 93.8 cm³/mol. The standard InChI is InChI=1S/C16H24N4O2.ClH/c1-13(21)20-9-7-19(8-10-20)12-14-3-5-15(6-4-14)18-16(22)11-17-2;/h3-6,17H,7-12H2,1-2H3,(H,18,22);1H. The van der Waals surface area contributed by atoms with Crippen LogP contribution in [0.15, 0.2) is 24.3 Å². The Morgan fingerprint density at radius 3 is 2.22 bits per heavy atom. The van der Waals surface area contributed by atoms with Crippen LogP contribution in [0.2, 0.25) is 0 Å². The average Bonchev–Trinajstić information content (AvgIpc) is 2.50. The van der Waals surface area contributed by atoms with Gasteiger partial charge < -0.3 is 15.5 Å². The second kappa shape index (κ2) is 9.50. The zero-order valence-corrected chi connectivity index (χ0v) is 14.5. The third kappa shape index (κ3) is 6.17. The number of nitrogens with zero attached hydrogens (tertiary/aromatic N) is 2. The van der Waals surface area contributed by atoms with Crippen molar-refractivity contribution in [2.45, 2.75) is 13.5 Å². The summed E-state index contributed by atoms with van der Waals surface area (Å²) in [6.45, 7) is 6.21. The van der Waals surface area contributed by atoms with Gasteiger partial charge in [0, 0.05) is 45.3 Å². The number of amides is 2. The summed E-state index contributed by atoms with van der Waals surface area (Å²) in [5.41, 5.74) is 2.02. The fourth-order valence-corrected chi connectivity index (χ4v) is 2.54. The van der Waals surface area contributed by atoms with Gasteiger partial charge in [-0.25, -0.2) is 0 Å².